The number of aryl methyl sites for hydroxylation is 1. The van der Waals surface area contributed by atoms with Gasteiger partial charge in [0, 0.05) is 44.4 Å². The molecule has 1 fully saturated rings. The van der Waals surface area contributed by atoms with Crippen LogP contribution in [0.5, 0.6) is 0 Å². The van der Waals surface area contributed by atoms with Gasteiger partial charge in [-0.1, -0.05) is 18.2 Å². The number of rotatable bonds is 2. The zero-order valence-corrected chi connectivity index (χ0v) is 17.1. The molecule has 0 bridgehead atoms. The Balaban J connectivity index is 1.63. The van der Waals surface area contributed by atoms with Crippen molar-refractivity contribution in [1.29, 1.82) is 0 Å². The Kier molecular flexibility index (Phi) is 4.81. The average Bonchev–Trinajstić information content (AvgIpc) is 3.03. The van der Waals surface area contributed by atoms with Crippen LogP contribution in [-0.4, -0.2) is 72.8 Å². The van der Waals surface area contributed by atoms with Gasteiger partial charge in [0.15, 0.2) is 15.5 Å². The lowest BCUT2D eigenvalue weighted by molar-refractivity contribution is 0.0564. The highest BCUT2D eigenvalue weighted by molar-refractivity contribution is 7.90. The summed E-state index contributed by atoms with van der Waals surface area (Å²) in [6.07, 6.45) is -0.391. The number of nitrogens with zero attached hydrogens (tertiary/aromatic N) is 4. The number of carbonyl (C=O) groups is 2. The molecule has 0 saturated carbocycles. The second-order valence-electron chi connectivity index (χ2n) is 7.03. The molecule has 3 heterocycles. The third kappa shape index (κ3) is 3.27. The SMILES string of the molecule is CCOC(=O)N1CCN(C(=O)c2nn(C)c3c2CS(=O)(=O)c2ccccc2-3)CC1. The lowest BCUT2D eigenvalue weighted by Crippen LogP contribution is -2.51. The van der Waals surface area contributed by atoms with Crippen molar-refractivity contribution in [2.45, 2.75) is 17.6 Å². The smallest absolute Gasteiger partial charge is 0.409 e. The van der Waals surface area contributed by atoms with Crippen LogP contribution in [0.2, 0.25) is 0 Å². The highest BCUT2D eigenvalue weighted by atomic mass is 32.2. The van der Waals surface area contributed by atoms with Gasteiger partial charge in [-0.05, 0) is 13.0 Å². The van der Waals surface area contributed by atoms with Gasteiger partial charge < -0.3 is 14.5 Å². The van der Waals surface area contributed by atoms with Crippen molar-refractivity contribution >= 4 is 21.8 Å². The minimum atomic E-state index is -3.55. The summed E-state index contributed by atoms with van der Waals surface area (Å²) >= 11 is 0. The summed E-state index contributed by atoms with van der Waals surface area (Å²) in [6.45, 7) is 3.45. The van der Waals surface area contributed by atoms with Crippen LogP contribution in [0.25, 0.3) is 11.3 Å². The maximum Gasteiger partial charge on any atom is 0.409 e. The Bertz CT molecular complexity index is 1080. The summed E-state index contributed by atoms with van der Waals surface area (Å²) < 4.78 is 32.1. The summed E-state index contributed by atoms with van der Waals surface area (Å²) in [7, 11) is -1.84. The molecule has 2 aromatic rings. The van der Waals surface area contributed by atoms with E-state index in [0.29, 0.717) is 49.6 Å². The number of amides is 2. The van der Waals surface area contributed by atoms with Gasteiger partial charge in [-0.25, -0.2) is 13.2 Å². The van der Waals surface area contributed by atoms with E-state index in [9.17, 15) is 18.0 Å². The van der Waals surface area contributed by atoms with E-state index in [1.807, 2.05) is 0 Å². The molecule has 0 spiro atoms. The van der Waals surface area contributed by atoms with Gasteiger partial charge >= 0.3 is 6.09 Å². The number of hydrogen-bond donors (Lipinski definition) is 0. The van der Waals surface area contributed by atoms with Crippen LogP contribution in [-0.2, 0) is 27.4 Å². The third-order valence-electron chi connectivity index (χ3n) is 5.25. The van der Waals surface area contributed by atoms with Crippen LogP contribution in [0, 0.1) is 0 Å². The summed E-state index contributed by atoms with van der Waals surface area (Å²) in [5.74, 6) is -0.572. The normalized spacial score (nSPS) is 17.4. The van der Waals surface area contributed by atoms with Gasteiger partial charge in [0.25, 0.3) is 5.91 Å². The number of ether oxygens (including phenoxy) is 1. The second kappa shape index (κ2) is 7.18. The molecule has 1 aromatic carbocycles. The predicted octanol–water partition coefficient (Wildman–Crippen LogP) is 1.29. The first-order valence-corrected chi connectivity index (χ1v) is 11.1. The molecule has 2 aliphatic heterocycles. The van der Waals surface area contributed by atoms with E-state index in [2.05, 4.69) is 5.10 Å². The molecule has 29 heavy (non-hydrogen) atoms. The number of carbonyl (C=O) groups excluding carboxylic acids is 2. The quantitative estimate of drug-likeness (QED) is 0.728. The lowest BCUT2D eigenvalue weighted by atomic mass is 10.1. The molecule has 1 aromatic heterocycles. The number of fused-ring (bicyclic) bond motifs is 3. The standard InChI is InChI=1S/C19H22N4O5S/c1-3-28-19(25)23-10-8-22(9-11-23)18(24)16-14-12-29(26,27)15-7-5-4-6-13(15)17(14)21(2)20-16/h4-7H,3,8-12H2,1-2H3. The molecule has 9 nitrogen and oxygen atoms in total. The first kappa shape index (κ1) is 19.4. The van der Waals surface area contributed by atoms with Crippen LogP contribution in [0.1, 0.15) is 23.0 Å². The minimum absolute atomic E-state index is 0.158. The van der Waals surface area contributed by atoms with E-state index < -0.39 is 15.9 Å². The molecular formula is C19H22N4O5S. The highest BCUT2D eigenvalue weighted by Crippen LogP contribution is 2.39. The van der Waals surface area contributed by atoms with Gasteiger partial charge in [0.05, 0.1) is 22.9 Å². The van der Waals surface area contributed by atoms with Crippen molar-refractivity contribution in [3.05, 3.63) is 35.5 Å². The lowest BCUT2D eigenvalue weighted by Gasteiger charge is -2.33. The van der Waals surface area contributed by atoms with Crippen LogP contribution < -0.4 is 0 Å². The Labute approximate surface area is 168 Å². The Morgan fingerprint density at radius 1 is 1.10 bits per heavy atom. The molecule has 4 rings (SSSR count). The number of sulfone groups is 1. The topological polar surface area (TPSA) is 102 Å². The zero-order chi connectivity index (χ0) is 20.8. The van der Waals surface area contributed by atoms with Crippen molar-refractivity contribution in [3.8, 4) is 11.3 Å². The zero-order valence-electron chi connectivity index (χ0n) is 16.3. The third-order valence-corrected chi connectivity index (χ3v) is 6.95. The maximum absolute atomic E-state index is 13.1. The molecule has 2 aliphatic rings. The molecule has 0 N–H and O–H groups in total. The van der Waals surface area contributed by atoms with Crippen molar-refractivity contribution in [2.24, 2.45) is 7.05 Å². The van der Waals surface area contributed by atoms with Gasteiger partial charge in [-0.3, -0.25) is 9.48 Å². The molecule has 0 atom stereocenters. The summed E-state index contributed by atoms with van der Waals surface area (Å²) in [6, 6.07) is 6.77. The summed E-state index contributed by atoms with van der Waals surface area (Å²) in [5, 5.41) is 4.37. The molecule has 10 heteroatoms. The van der Waals surface area contributed by atoms with E-state index in [-0.39, 0.29) is 22.2 Å². The van der Waals surface area contributed by atoms with E-state index in [1.54, 1.807) is 52.7 Å². The predicted molar refractivity (Wildman–Crippen MR) is 104 cm³/mol. The van der Waals surface area contributed by atoms with E-state index in [0.717, 1.165) is 0 Å². The van der Waals surface area contributed by atoms with E-state index in [1.165, 1.54) is 0 Å². The fourth-order valence-electron chi connectivity index (χ4n) is 3.87. The second-order valence-corrected chi connectivity index (χ2v) is 8.99. The summed E-state index contributed by atoms with van der Waals surface area (Å²) in [4.78, 5) is 28.4. The fourth-order valence-corrected chi connectivity index (χ4v) is 5.47. The molecule has 0 aliphatic carbocycles. The first-order valence-electron chi connectivity index (χ1n) is 9.42. The van der Waals surface area contributed by atoms with Crippen LogP contribution >= 0.6 is 0 Å². The van der Waals surface area contributed by atoms with Gasteiger partial charge in [-0.15, -0.1) is 0 Å². The van der Waals surface area contributed by atoms with Gasteiger partial charge in [0.1, 0.15) is 0 Å². The van der Waals surface area contributed by atoms with Crippen molar-refractivity contribution in [2.75, 3.05) is 32.8 Å². The molecule has 2 amide bonds. The fraction of sp³-hybridized carbons (Fsp3) is 0.421. The van der Waals surface area contributed by atoms with Crippen molar-refractivity contribution in [3.63, 3.8) is 0 Å². The Morgan fingerprint density at radius 2 is 1.76 bits per heavy atom. The van der Waals surface area contributed by atoms with Crippen molar-refractivity contribution < 1.29 is 22.7 Å². The van der Waals surface area contributed by atoms with E-state index >= 15 is 0 Å². The van der Waals surface area contributed by atoms with Gasteiger partial charge in [-0.2, -0.15) is 5.10 Å². The number of piperazine rings is 1. The van der Waals surface area contributed by atoms with Crippen LogP contribution in [0.15, 0.2) is 29.2 Å². The molecule has 1 saturated heterocycles. The van der Waals surface area contributed by atoms with Crippen molar-refractivity contribution in [1.82, 2.24) is 19.6 Å². The monoisotopic (exact) mass is 418 g/mol. The Morgan fingerprint density at radius 3 is 2.45 bits per heavy atom. The Hall–Kier alpha value is -2.88. The number of aromatic nitrogens is 2. The molecule has 0 radical (unpaired) electrons. The summed E-state index contributed by atoms with van der Waals surface area (Å²) in [5.41, 5.74) is 1.81. The maximum atomic E-state index is 13.1. The van der Waals surface area contributed by atoms with Crippen LogP contribution in [0.4, 0.5) is 4.79 Å². The van der Waals surface area contributed by atoms with Crippen LogP contribution in [0.3, 0.4) is 0 Å². The molecular weight excluding hydrogens is 396 g/mol. The molecule has 0 unspecified atom stereocenters. The largest absolute Gasteiger partial charge is 0.450 e. The van der Waals surface area contributed by atoms with E-state index in [4.69, 9.17) is 4.74 Å². The minimum Gasteiger partial charge on any atom is -0.450 e. The van der Waals surface area contributed by atoms with Gasteiger partial charge in [0.2, 0.25) is 0 Å². The average molecular weight is 418 g/mol. The number of benzene rings is 1. The molecule has 154 valence electrons. The first-order chi connectivity index (χ1) is 13.8. The number of hydrogen-bond acceptors (Lipinski definition) is 6. The highest BCUT2D eigenvalue weighted by Gasteiger charge is 2.36.